The zero-order chi connectivity index (χ0) is 14.7. The summed E-state index contributed by atoms with van der Waals surface area (Å²) in [6.07, 6.45) is -0.0648. The van der Waals surface area contributed by atoms with Gasteiger partial charge in [-0.3, -0.25) is 4.68 Å². The fourth-order valence-corrected chi connectivity index (χ4v) is 2.12. The van der Waals surface area contributed by atoms with Crippen LogP contribution in [0.4, 0.5) is 8.78 Å². The van der Waals surface area contributed by atoms with E-state index in [1.54, 1.807) is 0 Å². The van der Waals surface area contributed by atoms with E-state index in [2.05, 4.69) is 5.10 Å². The number of aliphatic hydroxyl groups excluding tert-OH is 1. The Kier molecular flexibility index (Phi) is 4.69. The number of rotatable bonds is 5. The van der Waals surface area contributed by atoms with Crippen LogP contribution in [0.1, 0.15) is 17.4 Å². The van der Waals surface area contributed by atoms with E-state index in [9.17, 15) is 13.9 Å². The summed E-state index contributed by atoms with van der Waals surface area (Å²) >= 11 is 5.96. The zero-order valence-electron chi connectivity index (χ0n) is 10.7. The van der Waals surface area contributed by atoms with Crippen LogP contribution in [0.3, 0.4) is 0 Å². The highest BCUT2D eigenvalue weighted by atomic mass is 35.5. The standard InChI is InChI=1S/C13H13ClF2N2O2/c1-20-6-5-18-12(9(14)7-17-18)13(19)8-3-2-4-10(15)11(8)16/h2-4,7,13,19H,5-6H2,1H3. The molecule has 2 aromatic rings. The van der Waals surface area contributed by atoms with Crippen molar-refractivity contribution in [3.8, 4) is 0 Å². The summed E-state index contributed by atoms with van der Waals surface area (Å²) < 4.78 is 33.3. The molecule has 108 valence electrons. The first-order chi connectivity index (χ1) is 9.56. The Hall–Kier alpha value is -1.50. The number of hydrogen-bond donors (Lipinski definition) is 1. The fourth-order valence-electron chi connectivity index (χ4n) is 1.88. The molecule has 0 aliphatic heterocycles. The summed E-state index contributed by atoms with van der Waals surface area (Å²) in [7, 11) is 1.52. The van der Waals surface area contributed by atoms with Crippen LogP contribution in [0, 0.1) is 11.6 Å². The Morgan fingerprint density at radius 2 is 2.20 bits per heavy atom. The molecule has 0 saturated carbocycles. The van der Waals surface area contributed by atoms with E-state index in [1.165, 1.54) is 30.1 Å². The van der Waals surface area contributed by atoms with E-state index < -0.39 is 17.7 Å². The quantitative estimate of drug-likeness (QED) is 0.923. The number of ether oxygens (including phenoxy) is 1. The van der Waals surface area contributed by atoms with Crippen LogP contribution in [0.15, 0.2) is 24.4 Å². The van der Waals surface area contributed by atoms with Crippen molar-refractivity contribution in [1.29, 1.82) is 0 Å². The van der Waals surface area contributed by atoms with Gasteiger partial charge in [0.2, 0.25) is 0 Å². The van der Waals surface area contributed by atoms with E-state index in [1.807, 2.05) is 0 Å². The molecule has 0 saturated heterocycles. The molecular formula is C13H13ClF2N2O2. The van der Waals surface area contributed by atoms with Gasteiger partial charge in [-0.15, -0.1) is 0 Å². The minimum Gasteiger partial charge on any atom is -0.383 e. The van der Waals surface area contributed by atoms with E-state index in [-0.39, 0.29) is 16.3 Å². The smallest absolute Gasteiger partial charge is 0.165 e. The maximum Gasteiger partial charge on any atom is 0.165 e. The molecule has 0 aliphatic rings. The highest BCUT2D eigenvalue weighted by Gasteiger charge is 2.23. The summed E-state index contributed by atoms with van der Waals surface area (Å²) in [5.74, 6) is -2.13. The summed E-state index contributed by atoms with van der Waals surface area (Å²) in [6.45, 7) is 0.690. The molecule has 1 heterocycles. The minimum atomic E-state index is -1.41. The van der Waals surface area contributed by atoms with Gasteiger partial charge in [-0.2, -0.15) is 5.10 Å². The second-order valence-electron chi connectivity index (χ2n) is 4.14. The van der Waals surface area contributed by atoms with Gasteiger partial charge >= 0.3 is 0 Å². The molecule has 0 aliphatic carbocycles. The second kappa shape index (κ2) is 6.30. The topological polar surface area (TPSA) is 47.3 Å². The second-order valence-corrected chi connectivity index (χ2v) is 4.55. The highest BCUT2D eigenvalue weighted by Crippen LogP contribution is 2.30. The first kappa shape index (κ1) is 14.9. The molecule has 0 bridgehead atoms. The lowest BCUT2D eigenvalue weighted by Crippen LogP contribution is -2.14. The molecule has 7 heteroatoms. The third-order valence-corrected chi connectivity index (χ3v) is 3.17. The van der Waals surface area contributed by atoms with Crippen LogP contribution in [0.25, 0.3) is 0 Å². The lowest BCUT2D eigenvalue weighted by atomic mass is 10.1. The number of benzene rings is 1. The van der Waals surface area contributed by atoms with Gasteiger partial charge in [0, 0.05) is 12.7 Å². The fraction of sp³-hybridized carbons (Fsp3) is 0.308. The van der Waals surface area contributed by atoms with Crippen molar-refractivity contribution < 1.29 is 18.6 Å². The molecule has 1 N–H and O–H groups in total. The SMILES string of the molecule is COCCn1ncc(Cl)c1C(O)c1cccc(F)c1F. The van der Waals surface area contributed by atoms with Gasteiger partial charge in [0.05, 0.1) is 30.1 Å². The largest absolute Gasteiger partial charge is 0.383 e. The van der Waals surface area contributed by atoms with Crippen molar-refractivity contribution in [2.75, 3.05) is 13.7 Å². The van der Waals surface area contributed by atoms with Crippen molar-refractivity contribution >= 4 is 11.6 Å². The molecule has 0 fully saturated rings. The Morgan fingerprint density at radius 3 is 2.90 bits per heavy atom. The molecule has 1 atom stereocenters. The van der Waals surface area contributed by atoms with Gasteiger partial charge in [-0.1, -0.05) is 23.7 Å². The predicted molar refractivity (Wildman–Crippen MR) is 69.5 cm³/mol. The molecule has 1 aromatic heterocycles. The van der Waals surface area contributed by atoms with Gasteiger partial charge in [0.15, 0.2) is 11.6 Å². The van der Waals surface area contributed by atoms with Gasteiger partial charge in [0.25, 0.3) is 0 Å². The normalized spacial score (nSPS) is 12.7. The first-order valence-electron chi connectivity index (χ1n) is 5.88. The third kappa shape index (κ3) is 2.82. The Morgan fingerprint density at radius 1 is 1.45 bits per heavy atom. The summed E-state index contributed by atoms with van der Waals surface area (Å²) in [5, 5.41) is 14.4. The van der Waals surface area contributed by atoms with Crippen LogP contribution in [0.5, 0.6) is 0 Å². The van der Waals surface area contributed by atoms with Gasteiger partial charge < -0.3 is 9.84 Å². The average Bonchev–Trinajstić information content (AvgIpc) is 2.80. The molecule has 1 aromatic carbocycles. The van der Waals surface area contributed by atoms with Crippen LogP contribution in [-0.4, -0.2) is 28.6 Å². The molecular weight excluding hydrogens is 290 g/mol. The van der Waals surface area contributed by atoms with Crippen molar-refractivity contribution in [3.05, 3.63) is 52.3 Å². The number of aromatic nitrogens is 2. The van der Waals surface area contributed by atoms with Crippen molar-refractivity contribution in [3.63, 3.8) is 0 Å². The molecule has 0 spiro atoms. The molecule has 0 radical (unpaired) electrons. The van der Waals surface area contributed by atoms with Gasteiger partial charge in [-0.05, 0) is 6.07 Å². The number of hydrogen-bond acceptors (Lipinski definition) is 3. The number of nitrogens with zero attached hydrogens (tertiary/aromatic N) is 2. The molecule has 4 nitrogen and oxygen atoms in total. The van der Waals surface area contributed by atoms with E-state index in [0.717, 1.165) is 6.07 Å². The van der Waals surface area contributed by atoms with Crippen LogP contribution in [-0.2, 0) is 11.3 Å². The van der Waals surface area contributed by atoms with Crippen molar-refractivity contribution in [2.45, 2.75) is 12.6 Å². The molecule has 2 rings (SSSR count). The maximum absolute atomic E-state index is 13.7. The highest BCUT2D eigenvalue weighted by molar-refractivity contribution is 6.31. The molecule has 1 unspecified atom stereocenters. The number of halogens is 3. The number of methoxy groups -OCH3 is 1. The van der Waals surface area contributed by atoms with Gasteiger partial charge in [0.1, 0.15) is 6.10 Å². The van der Waals surface area contributed by atoms with Crippen LogP contribution >= 0.6 is 11.6 Å². The van der Waals surface area contributed by atoms with Crippen LogP contribution in [0.2, 0.25) is 5.02 Å². The third-order valence-electron chi connectivity index (χ3n) is 2.88. The predicted octanol–water partition coefficient (Wildman–Crippen LogP) is 2.54. The van der Waals surface area contributed by atoms with Gasteiger partial charge in [-0.25, -0.2) is 8.78 Å². The van der Waals surface area contributed by atoms with E-state index >= 15 is 0 Å². The maximum atomic E-state index is 13.7. The minimum absolute atomic E-state index is 0.178. The average molecular weight is 303 g/mol. The zero-order valence-corrected chi connectivity index (χ0v) is 11.4. The monoisotopic (exact) mass is 302 g/mol. The summed E-state index contributed by atoms with van der Waals surface area (Å²) in [5.41, 5.74) is 0.0132. The van der Waals surface area contributed by atoms with E-state index in [0.29, 0.717) is 13.2 Å². The van der Waals surface area contributed by atoms with E-state index in [4.69, 9.17) is 16.3 Å². The Labute approximate surface area is 119 Å². The lowest BCUT2D eigenvalue weighted by molar-refractivity contribution is 0.170. The first-order valence-corrected chi connectivity index (χ1v) is 6.26. The number of aliphatic hydroxyl groups is 1. The van der Waals surface area contributed by atoms with Crippen molar-refractivity contribution in [2.24, 2.45) is 0 Å². The Balaban J connectivity index is 2.40. The lowest BCUT2D eigenvalue weighted by Gasteiger charge is -2.15. The summed E-state index contributed by atoms with van der Waals surface area (Å²) in [4.78, 5) is 0. The van der Waals surface area contributed by atoms with Crippen molar-refractivity contribution in [1.82, 2.24) is 9.78 Å². The summed E-state index contributed by atoms with van der Waals surface area (Å²) in [6, 6.07) is 3.60. The molecule has 0 amide bonds. The van der Waals surface area contributed by atoms with Crippen LogP contribution < -0.4 is 0 Å². The Bertz CT molecular complexity index is 604. The molecule has 20 heavy (non-hydrogen) atoms.